The zero-order valence-corrected chi connectivity index (χ0v) is 18.2. The highest BCUT2D eigenvalue weighted by Gasteiger charge is 2.47. The van der Waals surface area contributed by atoms with E-state index in [1.165, 1.54) is 4.90 Å². The fraction of sp³-hybridized carbons (Fsp3) is 0.360. The number of hydrogen-bond acceptors (Lipinski definition) is 6. The van der Waals surface area contributed by atoms with Crippen LogP contribution in [0.1, 0.15) is 36.9 Å². The number of carbonyl (C=O) groups excluding carboxylic acids is 2. The molecule has 2 saturated heterocycles. The normalized spacial score (nSPS) is 22.4. The summed E-state index contributed by atoms with van der Waals surface area (Å²) >= 11 is 0. The summed E-state index contributed by atoms with van der Waals surface area (Å²) in [5.41, 5.74) is 1.20. The number of aliphatic hydroxyl groups is 1. The van der Waals surface area contributed by atoms with Crippen LogP contribution in [0, 0.1) is 0 Å². The number of ether oxygens (including phenoxy) is 3. The number of Topliss-reactive ketones (excluding diaryl/α,β-unsaturated/α-hetero) is 1. The van der Waals surface area contributed by atoms with Crippen LogP contribution < -0.4 is 9.47 Å². The van der Waals surface area contributed by atoms with Crippen LogP contribution in [-0.2, 0) is 14.3 Å². The topological polar surface area (TPSA) is 85.3 Å². The van der Waals surface area contributed by atoms with Crippen LogP contribution in [0.3, 0.4) is 0 Å². The Bertz CT molecular complexity index is 1020. The Hall–Kier alpha value is -3.32. The van der Waals surface area contributed by atoms with Gasteiger partial charge in [0.2, 0.25) is 0 Å². The molecule has 2 heterocycles. The lowest BCUT2D eigenvalue weighted by atomic mass is 9.95. The average molecular weight is 437 g/mol. The van der Waals surface area contributed by atoms with E-state index in [9.17, 15) is 14.7 Å². The molecule has 2 aromatic carbocycles. The van der Waals surface area contributed by atoms with E-state index >= 15 is 0 Å². The van der Waals surface area contributed by atoms with Crippen molar-refractivity contribution in [3.8, 4) is 11.5 Å². The molecule has 7 nitrogen and oxygen atoms in total. The number of likely N-dealkylation sites (tertiary alicyclic amines) is 1. The minimum absolute atomic E-state index is 0.0619. The van der Waals surface area contributed by atoms with Crippen LogP contribution >= 0.6 is 0 Å². The maximum Gasteiger partial charge on any atom is 0.295 e. The summed E-state index contributed by atoms with van der Waals surface area (Å²) in [4.78, 5) is 27.7. The first-order chi connectivity index (χ1) is 15.5. The predicted molar refractivity (Wildman–Crippen MR) is 119 cm³/mol. The number of methoxy groups -OCH3 is 1. The zero-order chi connectivity index (χ0) is 22.7. The van der Waals surface area contributed by atoms with E-state index < -0.39 is 17.7 Å². The molecule has 2 fully saturated rings. The summed E-state index contributed by atoms with van der Waals surface area (Å²) in [5, 5.41) is 11.2. The van der Waals surface area contributed by atoms with Crippen molar-refractivity contribution in [3.05, 3.63) is 65.2 Å². The van der Waals surface area contributed by atoms with Gasteiger partial charge in [0.05, 0.1) is 31.4 Å². The number of amides is 1. The Labute approximate surface area is 187 Å². The predicted octanol–water partition coefficient (Wildman–Crippen LogP) is 3.69. The highest BCUT2D eigenvalue weighted by molar-refractivity contribution is 6.46. The van der Waals surface area contributed by atoms with Gasteiger partial charge in [-0.15, -0.1) is 0 Å². The molecule has 0 aliphatic carbocycles. The van der Waals surface area contributed by atoms with Gasteiger partial charge in [-0.2, -0.15) is 0 Å². The molecule has 0 aromatic heterocycles. The molecule has 7 heteroatoms. The molecule has 1 N–H and O–H groups in total. The summed E-state index contributed by atoms with van der Waals surface area (Å²) in [7, 11) is 1.57. The summed E-state index contributed by atoms with van der Waals surface area (Å²) in [6.07, 6.45) is 1.62. The molecule has 0 radical (unpaired) electrons. The molecule has 2 unspecified atom stereocenters. The van der Waals surface area contributed by atoms with E-state index in [-0.39, 0.29) is 24.0 Å². The number of benzene rings is 2. The van der Waals surface area contributed by atoms with Gasteiger partial charge in [0.25, 0.3) is 11.7 Å². The van der Waals surface area contributed by atoms with Gasteiger partial charge in [-0.05, 0) is 49.6 Å². The third-order valence-corrected chi connectivity index (χ3v) is 5.81. The standard InChI is InChI=1S/C25H27NO6/c1-3-31-19-7-4-6-17(14-19)23(27)21-22(16-9-11-18(30-2)12-10-16)26(25(29)24(21)28)15-20-8-5-13-32-20/h4,6-7,9-12,14,20,22,27H,3,5,8,13,15H2,1-2H3/b23-21-. The molecular weight excluding hydrogens is 410 g/mol. The van der Waals surface area contributed by atoms with Crippen molar-refractivity contribution in [2.75, 3.05) is 26.9 Å². The highest BCUT2D eigenvalue weighted by Crippen LogP contribution is 2.40. The maximum absolute atomic E-state index is 13.1. The minimum Gasteiger partial charge on any atom is -0.507 e. The second-order valence-electron chi connectivity index (χ2n) is 7.82. The van der Waals surface area contributed by atoms with E-state index in [0.29, 0.717) is 35.8 Å². The van der Waals surface area contributed by atoms with Crippen LogP contribution in [0.4, 0.5) is 0 Å². The number of hydrogen-bond donors (Lipinski definition) is 1. The highest BCUT2D eigenvalue weighted by atomic mass is 16.5. The zero-order valence-electron chi connectivity index (χ0n) is 18.2. The van der Waals surface area contributed by atoms with Gasteiger partial charge in [-0.1, -0.05) is 24.3 Å². The Balaban J connectivity index is 1.80. The maximum atomic E-state index is 13.1. The van der Waals surface area contributed by atoms with E-state index in [1.807, 2.05) is 19.1 Å². The van der Waals surface area contributed by atoms with Gasteiger partial charge >= 0.3 is 0 Å². The van der Waals surface area contributed by atoms with Crippen molar-refractivity contribution in [1.82, 2.24) is 4.90 Å². The van der Waals surface area contributed by atoms with Crippen molar-refractivity contribution < 1.29 is 28.9 Å². The summed E-state index contributed by atoms with van der Waals surface area (Å²) in [5.74, 6) is -0.326. The first-order valence-electron chi connectivity index (χ1n) is 10.8. The van der Waals surface area contributed by atoms with E-state index in [0.717, 1.165) is 12.8 Å². The number of nitrogens with zero attached hydrogens (tertiary/aromatic N) is 1. The van der Waals surface area contributed by atoms with Crippen molar-refractivity contribution in [1.29, 1.82) is 0 Å². The molecule has 2 aliphatic heterocycles. The quantitative estimate of drug-likeness (QED) is 0.404. The van der Waals surface area contributed by atoms with E-state index in [1.54, 1.807) is 43.5 Å². The second kappa shape index (κ2) is 9.44. The van der Waals surface area contributed by atoms with Crippen molar-refractivity contribution in [3.63, 3.8) is 0 Å². The first-order valence-corrected chi connectivity index (χ1v) is 10.8. The Morgan fingerprint density at radius 1 is 1.16 bits per heavy atom. The van der Waals surface area contributed by atoms with Crippen molar-refractivity contribution in [2.45, 2.75) is 31.9 Å². The molecule has 2 atom stereocenters. The Kier molecular flexibility index (Phi) is 6.46. The molecule has 0 bridgehead atoms. The van der Waals surface area contributed by atoms with Crippen LogP contribution in [0.2, 0.25) is 0 Å². The van der Waals surface area contributed by atoms with Crippen LogP contribution in [0.25, 0.3) is 5.76 Å². The molecule has 2 aliphatic rings. The molecule has 4 rings (SSSR count). The first kappa shape index (κ1) is 21.9. The monoisotopic (exact) mass is 437 g/mol. The molecule has 1 amide bonds. The van der Waals surface area contributed by atoms with Crippen molar-refractivity contribution >= 4 is 17.4 Å². The number of carbonyl (C=O) groups is 2. The van der Waals surface area contributed by atoms with Crippen LogP contribution in [0.15, 0.2) is 54.1 Å². The Morgan fingerprint density at radius 2 is 1.94 bits per heavy atom. The Morgan fingerprint density at radius 3 is 2.59 bits per heavy atom. The summed E-state index contributed by atoms with van der Waals surface area (Å²) in [6.45, 7) is 3.28. The smallest absolute Gasteiger partial charge is 0.295 e. The molecule has 0 spiro atoms. The van der Waals surface area contributed by atoms with E-state index in [2.05, 4.69) is 0 Å². The third-order valence-electron chi connectivity index (χ3n) is 5.81. The van der Waals surface area contributed by atoms with Gasteiger partial charge in [-0.3, -0.25) is 9.59 Å². The average Bonchev–Trinajstić information content (AvgIpc) is 3.41. The molecule has 0 saturated carbocycles. The summed E-state index contributed by atoms with van der Waals surface area (Å²) < 4.78 is 16.5. The lowest BCUT2D eigenvalue weighted by molar-refractivity contribution is -0.140. The number of ketones is 1. The molecule has 32 heavy (non-hydrogen) atoms. The number of aliphatic hydroxyl groups excluding tert-OH is 1. The third kappa shape index (κ3) is 4.21. The van der Waals surface area contributed by atoms with Crippen molar-refractivity contribution in [2.24, 2.45) is 0 Å². The lowest BCUT2D eigenvalue weighted by Crippen LogP contribution is -2.36. The largest absolute Gasteiger partial charge is 0.507 e. The van der Waals surface area contributed by atoms with Gasteiger partial charge in [0.15, 0.2) is 0 Å². The van der Waals surface area contributed by atoms with Crippen LogP contribution in [-0.4, -0.2) is 54.7 Å². The summed E-state index contributed by atoms with van der Waals surface area (Å²) in [6, 6.07) is 13.3. The van der Waals surface area contributed by atoms with Gasteiger partial charge in [-0.25, -0.2) is 0 Å². The van der Waals surface area contributed by atoms with Crippen LogP contribution in [0.5, 0.6) is 11.5 Å². The molecule has 168 valence electrons. The molecular formula is C25H27NO6. The second-order valence-corrected chi connectivity index (χ2v) is 7.82. The fourth-order valence-corrected chi connectivity index (χ4v) is 4.26. The minimum atomic E-state index is -0.721. The van der Waals surface area contributed by atoms with Gasteiger partial charge in [0.1, 0.15) is 17.3 Å². The van der Waals surface area contributed by atoms with Gasteiger partial charge < -0.3 is 24.2 Å². The SMILES string of the molecule is CCOc1cccc(/C(O)=C2/C(=O)C(=O)N(CC3CCCO3)C2c2ccc(OC)cc2)c1. The van der Waals surface area contributed by atoms with E-state index in [4.69, 9.17) is 14.2 Å². The fourth-order valence-electron chi connectivity index (χ4n) is 4.26. The lowest BCUT2D eigenvalue weighted by Gasteiger charge is -2.27. The number of rotatable bonds is 7. The molecule has 2 aromatic rings. The van der Waals surface area contributed by atoms with Gasteiger partial charge in [0, 0.05) is 18.7 Å².